The molecule has 2 aliphatic heterocycles. The number of aldehydes is 1. The maximum Gasteiger partial charge on any atom is 0.410 e. The van der Waals surface area contributed by atoms with Gasteiger partial charge in [-0.3, -0.25) is 13.8 Å². The first-order valence-electron chi connectivity index (χ1n) is 11.9. The number of amides is 1. The highest BCUT2D eigenvalue weighted by Gasteiger charge is 2.23. The quantitative estimate of drug-likeness (QED) is 0.307. The molecule has 1 fully saturated rings. The van der Waals surface area contributed by atoms with E-state index >= 15 is 0 Å². The number of rotatable bonds is 8. The minimum absolute atomic E-state index is 0.292. The van der Waals surface area contributed by atoms with Gasteiger partial charge in [0.1, 0.15) is 23.4 Å². The molecule has 0 unspecified atom stereocenters. The number of nitrogens with zero attached hydrogens (tertiary/aromatic N) is 5. The molecule has 0 aromatic carbocycles. The van der Waals surface area contributed by atoms with E-state index < -0.39 is 0 Å². The van der Waals surface area contributed by atoms with E-state index in [1.807, 2.05) is 16.4 Å². The van der Waals surface area contributed by atoms with E-state index in [9.17, 15) is 14.9 Å². The first-order valence-corrected chi connectivity index (χ1v) is 12.6. The fourth-order valence-electron chi connectivity index (χ4n) is 4.04. The fourth-order valence-corrected chi connectivity index (χ4v) is 4.83. The van der Waals surface area contributed by atoms with Crippen molar-refractivity contribution in [1.82, 2.24) is 14.9 Å². The van der Waals surface area contributed by atoms with Crippen molar-refractivity contribution in [2.75, 3.05) is 54.3 Å². The topological polar surface area (TPSA) is 133 Å². The molecule has 4 rings (SSSR count). The summed E-state index contributed by atoms with van der Waals surface area (Å²) in [5.41, 5.74) is 3.16. The van der Waals surface area contributed by atoms with Gasteiger partial charge in [0, 0.05) is 44.6 Å². The molecule has 2 aromatic rings. The number of methoxy groups -OCH3 is 1. The number of cyclic esters (lactones) is 1. The molecule has 2 aliphatic rings. The van der Waals surface area contributed by atoms with E-state index in [1.54, 1.807) is 18.2 Å². The molecule has 190 valence electrons. The van der Waals surface area contributed by atoms with Crippen LogP contribution in [0.1, 0.15) is 46.4 Å². The van der Waals surface area contributed by atoms with Gasteiger partial charge in [-0.25, -0.2) is 14.8 Å². The highest BCUT2D eigenvalue weighted by atomic mass is 32.2. The number of hydrogen-bond donors (Lipinski definition) is 2. The first-order chi connectivity index (χ1) is 17.6. The molecule has 0 spiro atoms. The summed E-state index contributed by atoms with van der Waals surface area (Å²) in [5.74, 6) is 1.31. The molecule has 0 bridgehead atoms. The largest absolute Gasteiger partial charge is 0.449 e. The van der Waals surface area contributed by atoms with Gasteiger partial charge in [0.15, 0.2) is 6.29 Å². The molecule has 2 aromatic heterocycles. The van der Waals surface area contributed by atoms with Crippen LogP contribution in [-0.4, -0.2) is 67.2 Å². The Morgan fingerprint density at radius 2 is 2.22 bits per heavy atom. The summed E-state index contributed by atoms with van der Waals surface area (Å²) in [7, 11) is 1.63. The second-order valence-corrected chi connectivity index (χ2v) is 9.25. The third-order valence-corrected chi connectivity index (χ3v) is 6.81. The number of anilines is 3. The van der Waals surface area contributed by atoms with Gasteiger partial charge in [0.2, 0.25) is 0 Å². The van der Waals surface area contributed by atoms with Gasteiger partial charge >= 0.3 is 6.09 Å². The van der Waals surface area contributed by atoms with E-state index in [0.29, 0.717) is 73.5 Å². The third-order valence-electron chi connectivity index (χ3n) is 5.94. The normalized spacial score (nSPS) is 15.9. The summed E-state index contributed by atoms with van der Waals surface area (Å²) >= 11 is 1.33. The molecular weight excluding hydrogens is 482 g/mol. The minimum atomic E-state index is -0.355. The molecule has 12 heteroatoms. The Labute approximate surface area is 214 Å². The summed E-state index contributed by atoms with van der Waals surface area (Å²) in [6, 6.07) is 5.97. The molecule has 0 radical (unpaired) electrons. The van der Waals surface area contributed by atoms with Crippen LogP contribution in [0, 0.1) is 11.3 Å². The maximum absolute atomic E-state index is 12.3. The predicted molar refractivity (Wildman–Crippen MR) is 137 cm³/mol. The maximum atomic E-state index is 12.3. The van der Waals surface area contributed by atoms with Crippen LogP contribution >= 0.6 is 12.1 Å². The van der Waals surface area contributed by atoms with Crippen molar-refractivity contribution < 1.29 is 19.1 Å². The molecule has 0 saturated carbocycles. The summed E-state index contributed by atoms with van der Waals surface area (Å²) < 4.78 is 15.6. The van der Waals surface area contributed by atoms with Gasteiger partial charge < -0.3 is 19.7 Å². The van der Waals surface area contributed by atoms with Gasteiger partial charge in [-0.1, -0.05) is 0 Å². The van der Waals surface area contributed by atoms with Crippen LogP contribution < -0.4 is 14.3 Å². The second kappa shape index (κ2) is 12.4. The average Bonchev–Trinajstić information content (AvgIpc) is 3.09. The van der Waals surface area contributed by atoms with Gasteiger partial charge in [-0.15, -0.1) is 0 Å². The molecule has 0 atom stereocenters. The van der Waals surface area contributed by atoms with Crippen LogP contribution in [0.3, 0.4) is 0 Å². The van der Waals surface area contributed by atoms with Crippen molar-refractivity contribution in [3.63, 3.8) is 0 Å². The molecule has 4 heterocycles. The number of aromatic nitrogens is 2. The van der Waals surface area contributed by atoms with Gasteiger partial charge in [0.05, 0.1) is 43.1 Å². The molecule has 0 aliphatic carbocycles. The number of hydrogen-bond acceptors (Lipinski definition) is 11. The Balaban J connectivity index is 1.51. The Morgan fingerprint density at radius 3 is 3.03 bits per heavy atom. The van der Waals surface area contributed by atoms with Crippen molar-refractivity contribution in [2.24, 2.45) is 0 Å². The molecular formula is C24H29N7O4S. The van der Waals surface area contributed by atoms with Crippen LogP contribution in [0.15, 0.2) is 18.3 Å². The lowest BCUT2D eigenvalue weighted by Crippen LogP contribution is -2.31. The minimum Gasteiger partial charge on any atom is -0.449 e. The summed E-state index contributed by atoms with van der Waals surface area (Å²) in [5, 5.41) is 12.6. The smallest absolute Gasteiger partial charge is 0.410 e. The molecule has 2 N–H and O–H groups in total. The van der Waals surface area contributed by atoms with Gasteiger partial charge in [-0.05, 0) is 37.3 Å². The lowest BCUT2D eigenvalue weighted by molar-refractivity contribution is 0.109. The summed E-state index contributed by atoms with van der Waals surface area (Å²) in [6.07, 6.45) is 5.18. The Bertz CT molecular complexity index is 1140. The lowest BCUT2D eigenvalue weighted by atomic mass is 10.1. The Kier molecular flexibility index (Phi) is 8.80. The van der Waals surface area contributed by atoms with E-state index in [0.717, 1.165) is 37.5 Å². The number of fused-ring (bicyclic) bond motifs is 1. The molecule has 1 amide bonds. The van der Waals surface area contributed by atoms with Crippen molar-refractivity contribution in [2.45, 2.75) is 32.2 Å². The van der Waals surface area contributed by atoms with Gasteiger partial charge in [-0.2, -0.15) is 5.26 Å². The van der Waals surface area contributed by atoms with Crippen LogP contribution in [0.2, 0.25) is 0 Å². The number of pyridine rings is 2. The highest BCUT2D eigenvalue weighted by Crippen LogP contribution is 2.31. The van der Waals surface area contributed by atoms with Crippen LogP contribution in [0.5, 0.6) is 0 Å². The van der Waals surface area contributed by atoms with E-state index in [2.05, 4.69) is 26.1 Å². The van der Waals surface area contributed by atoms with E-state index in [-0.39, 0.29) is 6.09 Å². The van der Waals surface area contributed by atoms with Gasteiger partial charge in [0.25, 0.3) is 0 Å². The molecule has 11 nitrogen and oxygen atoms in total. The Morgan fingerprint density at radius 1 is 1.33 bits per heavy atom. The highest BCUT2D eigenvalue weighted by molar-refractivity contribution is 8.01. The second-order valence-electron chi connectivity index (χ2n) is 8.42. The molecule has 1 saturated heterocycles. The van der Waals surface area contributed by atoms with Crippen molar-refractivity contribution >= 4 is 41.8 Å². The number of nitriles is 1. The average molecular weight is 512 g/mol. The number of carbonyl (C=O) groups is 2. The van der Waals surface area contributed by atoms with Crippen molar-refractivity contribution in [3.05, 3.63) is 40.7 Å². The van der Waals surface area contributed by atoms with Crippen molar-refractivity contribution in [3.8, 4) is 6.07 Å². The number of ether oxygens (including phenoxy) is 2. The number of carbonyl (C=O) groups excluding carboxylic acids is 2. The van der Waals surface area contributed by atoms with E-state index in [1.165, 1.54) is 12.1 Å². The lowest BCUT2D eigenvalue weighted by Gasteiger charge is -2.27. The van der Waals surface area contributed by atoms with Crippen LogP contribution in [-0.2, 0) is 22.4 Å². The Hall–Kier alpha value is -3.56. The zero-order valence-electron chi connectivity index (χ0n) is 20.2. The summed E-state index contributed by atoms with van der Waals surface area (Å²) in [6.45, 7) is 3.11. The number of aryl methyl sites for hydroxylation is 1. The van der Waals surface area contributed by atoms with Crippen LogP contribution in [0.4, 0.5) is 22.1 Å². The monoisotopic (exact) mass is 511 g/mol. The standard InChI is InChI=1S/C24H29N7O4S/c1-34-10-6-26-20-12-22(27-14-19(20)13-25)31-8-4-5-17-11-18(21(16-32)28-23(17)29-36-31)15-30-7-2-3-9-35-24(30)33/h11-12,14,16H,2-10,15H2,1H3,(H,26,27)(H,28,29). The first kappa shape index (κ1) is 25.5. The predicted octanol–water partition coefficient (Wildman–Crippen LogP) is 3.38. The zero-order chi connectivity index (χ0) is 25.3. The SMILES string of the molecule is COCCNc1cc(N2CCCc3cc(CN4CCCCOC4=O)c(C=O)nc3NS2)ncc1C#N. The van der Waals surface area contributed by atoms with Crippen LogP contribution in [0.25, 0.3) is 0 Å². The number of nitrogens with one attached hydrogen (secondary N) is 2. The van der Waals surface area contributed by atoms with Crippen molar-refractivity contribution in [1.29, 1.82) is 5.26 Å². The third kappa shape index (κ3) is 6.16. The summed E-state index contributed by atoms with van der Waals surface area (Å²) in [4.78, 5) is 34.8. The van der Waals surface area contributed by atoms with E-state index in [4.69, 9.17) is 9.47 Å². The molecule has 36 heavy (non-hydrogen) atoms. The zero-order valence-corrected chi connectivity index (χ0v) is 21.0. The fraction of sp³-hybridized carbons (Fsp3) is 0.458.